The van der Waals surface area contributed by atoms with Gasteiger partial charge in [-0.15, -0.1) is 0 Å². The van der Waals surface area contributed by atoms with Crippen LogP contribution in [0, 0.1) is 0 Å². The highest BCUT2D eigenvalue weighted by molar-refractivity contribution is 5.50. The van der Waals surface area contributed by atoms with Crippen molar-refractivity contribution in [3.05, 3.63) is 28.8 Å². The van der Waals surface area contributed by atoms with E-state index in [4.69, 9.17) is 5.73 Å². The maximum atomic E-state index is 12.6. The highest BCUT2D eigenvalue weighted by Gasteiger charge is 2.34. The lowest BCUT2D eigenvalue weighted by atomic mass is 9.78. The summed E-state index contributed by atoms with van der Waals surface area (Å²) in [5, 5.41) is 10.4. The molecular formula is C17H26F3NO. The molecule has 0 fully saturated rings. The number of nitrogens with two attached hydrogens (primary N) is 1. The first-order chi connectivity index (χ1) is 9.63. The average Bonchev–Trinajstić information content (AvgIpc) is 2.23. The molecule has 1 rings (SSSR count). The highest BCUT2D eigenvalue weighted by atomic mass is 19.4. The summed E-state index contributed by atoms with van der Waals surface area (Å²) in [5.41, 5.74) is 6.73. The fourth-order valence-electron chi connectivity index (χ4n) is 2.30. The fraction of sp³-hybridized carbons (Fsp3) is 0.647. The predicted molar refractivity (Wildman–Crippen MR) is 83.1 cm³/mol. The van der Waals surface area contributed by atoms with Crippen LogP contribution in [0.2, 0.25) is 0 Å². The topological polar surface area (TPSA) is 46.2 Å². The Morgan fingerprint density at radius 2 is 1.50 bits per heavy atom. The van der Waals surface area contributed by atoms with Gasteiger partial charge in [-0.05, 0) is 28.0 Å². The first-order valence-electron chi connectivity index (χ1n) is 7.33. The van der Waals surface area contributed by atoms with Gasteiger partial charge in [0.15, 0.2) is 0 Å². The Labute approximate surface area is 130 Å². The molecule has 0 bridgehead atoms. The quantitative estimate of drug-likeness (QED) is 0.811. The van der Waals surface area contributed by atoms with Gasteiger partial charge in [0.2, 0.25) is 0 Å². The van der Waals surface area contributed by atoms with Crippen molar-refractivity contribution in [3.8, 4) is 5.75 Å². The number of phenolic OH excluding ortho intramolecular Hbond substituents is 1. The third-order valence-corrected chi connectivity index (χ3v) is 3.66. The highest BCUT2D eigenvalue weighted by Crippen LogP contribution is 2.41. The maximum Gasteiger partial charge on any atom is 0.390 e. The van der Waals surface area contributed by atoms with Crippen LogP contribution in [0.3, 0.4) is 0 Å². The van der Waals surface area contributed by atoms with E-state index in [1.165, 1.54) is 0 Å². The van der Waals surface area contributed by atoms with E-state index < -0.39 is 24.1 Å². The van der Waals surface area contributed by atoms with Crippen LogP contribution in [0.15, 0.2) is 12.1 Å². The van der Waals surface area contributed by atoms with Gasteiger partial charge in [-0.1, -0.05) is 47.6 Å². The van der Waals surface area contributed by atoms with Crippen molar-refractivity contribution in [1.29, 1.82) is 0 Å². The number of hydrogen-bond acceptors (Lipinski definition) is 2. The molecule has 0 saturated carbocycles. The van der Waals surface area contributed by atoms with Crippen molar-refractivity contribution in [3.63, 3.8) is 0 Å². The standard InChI is InChI=1S/C17H26F3NO/c1-15(2,3)10-7-11(13(21)9-17(18,19)20)14(22)12(8-10)16(4,5)6/h7-8,13,22H,9,21H2,1-6H3/t13-/m0/s1. The van der Waals surface area contributed by atoms with Crippen LogP contribution in [-0.4, -0.2) is 11.3 Å². The Morgan fingerprint density at radius 3 is 1.86 bits per heavy atom. The Hall–Kier alpha value is -1.23. The van der Waals surface area contributed by atoms with Gasteiger partial charge in [-0.2, -0.15) is 13.2 Å². The van der Waals surface area contributed by atoms with Crippen LogP contribution in [0.1, 0.15) is 70.7 Å². The molecule has 0 heterocycles. The fourth-order valence-corrected chi connectivity index (χ4v) is 2.30. The first kappa shape index (κ1) is 18.8. The van der Waals surface area contributed by atoms with Gasteiger partial charge in [-0.3, -0.25) is 0 Å². The molecule has 0 saturated heterocycles. The van der Waals surface area contributed by atoms with E-state index in [9.17, 15) is 18.3 Å². The summed E-state index contributed by atoms with van der Waals surface area (Å²) in [7, 11) is 0. The molecule has 126 valence electrons. The van der Waals surface area contributed by atoms with E-state index in [1.54, 1.807) is 6.07 Å². The molecule has 22 heavy (non-hydrogen) atoms. The van der Waals surface area contributed by atoms with E-state index in [0.29, 0.717) is 5.56 Å². The second-order valence-corrected chi connectivity index (χ2v) is 7.89. The number of alkyl halides is 3. The molecule has 0 unspecified atom stereocenters. The molecule has 1 aromatic carbocycles. The number of benzene rings is 1. The van der Waals surface area contributed by atoms with Crippen LogP contribution in [0.25, 0.3) is 0 Å². The summed E-state index contributed by atoms with van der Waals surface area (Å²) in [6.45, 7) is 11.7. The second-order valence-electron chi connectivity index (χ2n) is 7.89. The SMILES string of the molecule is CC(C)(C)c1cc([C@@H](N)CC(F)(F)F)c(O)c(C(C)(C)C)c1. The molecule has 0 amide bonds. The molecular weight excluding hydrogens is 291 g/mol. The summed E-state index contributed by atoms with van der Waals surface area (Å²) >= 11 is 0. The van der Waals surface area contributed by atoms with E-state index in [1.807, 2.05) is 47.6 Å². The number of rotatable bonds is 2. The molecule has 2 nitrogen and oxygen atoms in total. The normalized spacial score (nSPS) is 15.0. The van der Waals surface area contributed by atoms with Crippen molar-refractivity contribution in [1.82, 2.24) is 0 Å². The minimum atomic E-state index is -4.37. The van der Waals surface area contributed by atoms with Crippen LogP contribution < -0.4 is 5.73 Å². The first-order valence-corrected chi connectivity index (χ1v) is 7.33. The smallest absolute Gasteiger partial charge is 0.390 e. The molecule has 0 aliphatic heterocycles. The number of phenols is 1. The summed E-state index contributed by atoms with van der Waals surface area (Å²) in [6, 6.07) is 2.18. The summed E-state index contributed by atoms with van der Waals surface area (Å²) in [6.07, 6.45) is -5.52. The zero-order valence-electron chi connectivity index (χ0n) is 14.1. The zero-order valence-corrected chi connectivity index (χ0v) is 14.1. The molecule has 0 aliphatic carbocycles. The molecule has 0 aromatic heterocycles. The molecule has 0 radical (unpaired) electrons. The zero-order chi connectivity index (χ0) is 17.5. The lowest BCUT2D eigenvalue weighted by Gasteiger charge is -2.29. The van der Waals surface area contributed by atoms with E-state index >= 15 is 0 Å². The number of hydrogen-bond donors (Lipinski definition) is 2. The summed E-state index contributed by atoms with van der Waals surface area (Å²) in [4.78, 5) is 0. The molecule has 1 atom stereocenters. The van der Waals surface area contributed by atoms with Gasteiger partial charge < -0.3 is 10.8 Å². The Bertz CT molecular complexity index is 537. The van der Waals surface area contributed by atoms with Crippen molar-refractivity contribution in [2.45, 2.75) is 71.0 Å². The van der Waals surface area contributed by atoms with Crippen LogP contribution in [0.4, 0.5) is 13.2 Å². The van der Waals surface area contributed by atoms with Crippen molar-refractivity contribution < 1.29 is 18.3 Å². The second kappa shape index (κ2) is 5.76. The van der Waals surface area contributed by atoms with Crippen molar-refractivity contribution in [2.75, 3.05) is 0 Å². The number of aromatic hydroxyl groups is 1. The summed E-state index contributed by atoms with van der Waals surface area (Å²) < 4.78 is 37.9. The largest absolute Gasteiger partial charge is 0.507 e. The van der Waals surface area contributed by atoms with E-state index in [2.05, 4.69) is 0 Å². The maximum absolute atomic E-state index is 12.6. The Kier molecular flexibility index (Phi) is 4.93. The van der Waals surface area contributed by atoms with Crippen LogP contribution in [0.5, 0.6) is 5.75 Å². The Morgan fingerprint density at radius 1 is 1.00 bits per heavy atom. The van der Waals surface area contributed by atoms with Gasteiger partial charge in [0, 0.05) is 11.6 Å². The third kappa shape index (κ3) is 4.63. The minimum Gasteiger partial charge on any atom is -0.507 e. The summed E-state index contributed by atoms with van der Waals surface area (Å²) in [5.74, 6) is -0.128. The van der Waals surface area contributed by atoms with Crippen molar-refractivity contribution >= 4 is 0 Å². The lowest BCUT2D eigenvalue weighted by Crippen LogP contribution is -2.23. The van der Waals surface area contributed by atoms with Gasteiger partial charge in [0.25, 0.3) is 0 Å². The lowest BCUT2D eigenvalue weighted by molar-refractivity contribution is -0.138. The van der Waals surface area contributed by atoms with E-state index in [-0.39, 0.29) is 16.7 Å². The molecule has 3 N–H and O–H groups in total. The van der Waals surface area contributed by atoms with Crippen LogP contribution in [-0.2, 0) is 10.8 Å². The van der Waals surface area contributed by atoms with Gasteiger partial charge in [0.05, 0.1) is 6.42 Å². The molecule has 0 aliphatic rings. The number of halogens is 3. The van der Waals surface area contributed by atoms with Crippen molar-refractivity contribution in [2.24, 2.45) is 5.73 Å². The van der Waals surface area contributed by atoms with E-state index in [0.717, 1.165) is 5.56 Å². The van der Waals surface area contributed by atoms with Gasteiger partial charge in [0.1, 0.15) is 5.75 Å². The Balaban J connectivity index is 3.50. The monoisotopic (exact) mass is 317 g/mol. The average molecular weight is 317 g/mol. The molecule has 5 heteroatoms. The van der Waals surface area contributed by atoms with Gasteiger partial charge >= 0.3 is 6.18 Å². The van der Waals surface area contributed by atoms with Gasteiger partial charge in [-0.25, -0.2) is 0 Å². The molecule has 0 spiro atoms. The predicted octanol–water partition coefficient (Wildman–Crippen LogP) is 4.94. The third-order valence-electron chi connectivity index (χ3n) is 3.66. The minimum absolute atomic E-state index is 0.128. The van der Waals surface area contributed by atoms with Crippen LogP contribution >= 0.6 is 0 Å². The molecule has 1 aromatic rings.